The van der Waals surface area contributed by atoms with Gasteiger partial charge in [0.15, 0.2) is 0 Å². The van der Waals surface area contributed by atoms with Gasteiger partial charge in [0.25, 0.3) is 0 Å². The fraction of sp³-hybridized carbons (Fsp3) is 0.600. The molecule has 1 aromatic rings. The number of hydrogen-bond donors (Lipinski definition) is 2. The van der Waals surface area contributed by atoms with Crippen molar-refractivity contribution >= 4 is 15.7 Å². The zero-order valence-electron chi connectivity index (χ0n) is 12.4. The highest BCUT2D eigenvalue weighted by atomic mass is 32.2. The summed E-state index contributed by atoms with van der Waals surface area (Å²) in [6, 6.07) is 6.56. The van der Waals surface area contributed by atoms with E-state index in [9.17, 15) is 8.42 Å². The van der Waals surface area contributed by atoms with Crippen LogP contribution >= 0.6 is 0 Å². The van der Waals surface area contributed by atoms with Crippen LogP contribution in [0.2, 0.25) is 0 Å². The molecule has 0 bridgehead atoms. The molecular weight excluding hydrogens is 286 g/mol. The van der Waals surface area contributed by atoms with Crippen molar-refractivity contribution in [2.45, 2.75) is 31.8 Å². The number of nitrogens with zero attached hydrogens (tertiary/aromatic N) is 1. The van der Waals surface area contributed by atoms with Crippen molar-refractivity contribution < 1.29 is 8.42 Å². The van der Waals surface area contributed by atoms with Crippen molar-refractivity contribution in [3.63, 3.8) is 0 Å². The quantitative estimate of drug-likeness (QED) is 0.857. The lowest BCUT2D eigenvalue weighted by molar-refractivity contribution is 0.262. The van der Waals surface area contributed by atoms with Crippen molar-refractivity contribution in [2.24, 2.45) is 0 Å². The first-order valence-electron chi connectivity index (χ1n) is 7.59. The zero-order chi connectivity index (χ0) is 14.9. The standard InChI is InChI=1S/C15H23N3O2S/c1-16-21(19,20)11-14-6-3-9-18(14)10-13-5-2-4-12-7-8-17-15(12)13/h2,4-5,14,16-17H,3,6-11H2,1H3. The van der Waals surface area contributed by atoms with Crippen LogP contribution in [0.25, 0.3) is 0 Å². The zero-order valence-corrected chi connectivity index (χ0v) is 13.2. The van der Waals surface area contributed by atoms with Crippen LogP contribution in [0.1, 0.15) is 24.0 Å². The molecular formula is C15H23N3O2S. The fourth-order valence-corrected chi connectivity index (χ4v) is 4.44. The van der Waals surface area contributed by atoms with Gasteiger partial charge in [-0.1, -0.05) is 18.2 Å². The van der Waals surface area contributed by atoms with Gasteiger partial charge >= 0.3 is 0 Å². The van der Waals surface area contributed by atoms with Crippen LogP contribution in [-0.4, -0.2) is 45.2 Å². The summed E-state index contributed by atoms with van der Waals surface area (Å²) >= 11 is 0. The van der Waals surface area contributed by atoms with Gasteiger partial charge in [0.2, 0.25) is 10.0 Å². The largest absolute Gasteiger partial charge is 0.384 e. The first kappa shape index (κ1) is 14.8. The van der Waals surface area contributed by atoms with Crippen molar-refractivity contribution in [3.8, 4) is 0 Å². The minimum Gasteiger partial charge on any atom is -0.384 e. The van der Waals surface area contributed by atoms with Crippen LogP contribution < -0.4 is 10.0 Å². The lowest BCUT2D eigenvalue weighted by atomic mass is 10.1. The maximum Gasteiger partial charge on any atom is 0.212 e. The van der Waals surface area contributed by atoms with Crippen molar-refractivity contribution in [1.82, 2.24) is 9.62 Å². The predicted molar refractivity (Wildman–Crippen MR) is 84.9 cm³/mol. The number of hydrogen-bond acceptors (Lipinski definition) is 4. The molecule has 2 heterocycles. The third kappa shape index (κ3) is 3.22. The number of anilines is 1. The molecule has 2 N–H and O–H groups in total. The average Bonchev–Trinajstić information content (AvgIpc) is 3.09. The smallest absolute Gasteiger partial charge is 0.212 e. The Balaban J connectivity index is 1.74. The number of nitrogens with one attached hydrogen (secondary N) is 2. The predicted octanol–water partition coefficient (Wildman–Crippen LogP) is 1.17. The average molecular weight is 309 g/mol. The van der Waals surface area contributed by atoms with Crippen LogP contribution in [-0.2, 0) is 23.0 Å². The molecule has 116 valence electrons. The molecule has 21 heavy (non-hydrogen) atoms. The molecule has 1 aromatic carbocycles. The van der Waals surface area contributed by atoms with Crippen molar-refractivity contribution in [2.75, 3.05) is 31.2 Å². The minimum absolute atomic E-state index is 0.125. The molecule has 0 saturated carbocycles. The van der Waals surface area contributed by atoms with E-state index in [-0.39, 0.29) is 11.8 Å². The summed E-state index contributed by atoms with van der Waals surface area (Å²) in [7, 11) is -1.66. The minimum atomic E-state index is -3.15. The monoisotopic (exact) mass is 309 g/mol. The van der Waals surface area contributed by atoms with E-state index in [0.29, 0.717) is 0 Å². The Bertz CT molecular complexity index is 615. The lowest BCUT2D eigenvalue weighted by Gasteiger charge is -2.25. The first-order chi connectivity index (χ1) is 10.1. The number of sulfonamides is 1. The first-order valence-corrected chi connectivity index (χ1v) is 9.24. The van der Waals surface area contributed by atoms with E-state index in [2.05, 4.69) is 33.1 Å². The Morgan fingerprint density at radius 2 is 2.29 bits per heavy atom. The van der Waals surface area contributed by atoms with E-state index in [1.165, 1.54) is 23.9 Å². The van der Waals surface area contributed by atoms with Crippen LogP contribution in [0.3, 0.4) is 0 Å². The number of para-hydroxylation sites is 1. The molecule has 1 unspecified atom stereocenters. The van der Waals surface area contributed by atoms with Crippen LogP contribution in [0.15, 0.2) is 18.2 Å². The summed E-state index contributed by atoms with van der Waals surface area (Å²) < 4.78 is 26.0. The second-order valence-corrected chi connectivity index (χ2v) is 7.85. The summed E-state index contributed by atoms with van der Waals surface area (Å²) in [5.74, 6) is 0.200. The molecule has 0 amide bonds. The second-order valence-electron chi connectivity index (χ2n) is 5.88. The summed E-state index contributed by atoms with van der Waals surface area (Å²) in [6.07, 6.45) is 3.12. The molecule has 0 radical (unpaired) electrons. The number of rotatable bonds is 5. The summed E-state index contributed by atoms with van der Waals surface area (Å²) in [4.78, 5) is 2.31. The Morgan fingerprint density at radius 1 is 1.43 bits per heavy atom. The molecule has 3 rings (SSSR count). The van der Waals surface area contributed by atoms with Gasteiger partial charge in [0.1, 0.15) is 0 Å². The van der Waals surface area contributed by atoms with Crippen molar-refractivity contribution in [3.05, 3.63) is 29.3 Å². The molecule has 2 aliphatic heterocycles. The highest BCUT2D eigenvalue weighted by Crippen LogP contribution is 2.29. The number of fused-ring (bicyclic) bond motifs is 1. The van der Waals surface area contributed by atoms with Crippen LogP contribution in [0, 0.1) is 0 Å². The second kappa shape index (κ2) is 5.94. The van der Waals surface area contributed by atoms with Gasteiger partial charge in [-0.15, -0.1) is 0 Å². The van der Waals surface area contributed by atoms with Gasteiger partial charge in [0, 0.05) is 24.8 Å². The van der Waals surface area contributed by atoms with E-state index < -0.39 is 10.0 Å². The maximum atomic E-state index is 11.8. The van der Waals surface area contributed by atoms with Gasteiger partial charge in [-0.3, -0.25) is 4.90 Å². The molecule has 0 spiro atoms. The third-order valence-electron chi connectivity index (χ3n) is 4.53. The maximum absolute atomic E-state index is 11.8. The van der Waals surface area contributed by atoms with Gasteiger partial charge in [-0.05, 0) is 44.0 Å². The Morgan fingerprint density at radius 3 is 3.10 bits per heavy atom. The topological polar surface area (TPSA) is 61.4 Å². The van der Waals surface area contributed by atoms with Gasteiger partial charge in [0.05, 0.1) is 5.75 Å². The molecule has 1 fully saturated rings. The number of benzene rings is 1. The fourth-order valence-electron chi connectivity index (χ4n) is 3.39. The highest BCUT2D eigenvalue weighted by Gasteiger charge is 2.29. The molecule has 0 aliphatic carbocycles. The Kier molecular flexibility index (Phi) is 4.19. The van der Waals surface area contributed by atoms with Gasteiger partial charge in [-0.2, -0.15) is 0 Å². The van der Waals surface area contributed by atoms with Gasteiger partial charge < -0.3 is 5.32 Å². The molecule has 2 aliphatic rings. The van der Waals surface area contributed by atoms with Crippen molar-refractivity contribution in [1.29, 1.82) is 0 Å². The summed E-state index contributed by atoms with van der Waals surface area (Å²) in [5, 5.41) is 3.46. The molecule has 6 heteroatoms. The SMILES string of the molecule is CNS(=O)(=O)CC1CCCN1Cc1cccc2c1NCC2. The Hall–Kier alpha value is -1.11. The molecule has 1 atom stereocenters. The van der Waals surface area contributed by atoms with E-state index in [4.69, 9.17) is 0 Å². The van der Waals surface area contributed by atoms with E-state index in [1.807, 2.05) is 0 Å². The molecule has 1 saturated heterocycles. The summed E-state index contributed by atoms with van der Waals surface area (Å²) in [6.45, 7) is 2.82. The Labute approximate surface area is 126 Å². The van der Waals surface area contributed by atoms with Gasteiger partial charge in [-0.25, -0.2) is 13.1 Å². The third-order valence-corrected chi connectivity index (χ3v) is 5.97. The van der Waals surface area contributed by atoms with Crippen LogP contribution in [0.5, 0.6) is 0 Å². The van der Waals surface area contributed by atoms with E-state index in [1.54, 1.807) is 0 Å². The van der Waals surface area contributed by atoms with E-state index in [0.717, 1.165) is 38.9 Å². The molecule has 0 aromatic heterocycles. The van der Waals surface area contributed by atoms with E-state index >= 15 is 0 Å². The number of likely N-dealkylation sites (tertiary alicyclic amines) is 1. The normalized spacial score (nSPS) is 22.2. The van der Waals surface area contributed by atoms with Crippen LogP contribution in [0.4, 0.5) is 5.69 Å². The highest BCUT2D eigenvalue weighted by molar-refractivity contribution is 7.89. The summed E-state index contributed by atoms with van der Waals surface area (Å²) in [5.41, 5.74) is 3.93. The lowest BCUT2D eigenvalue weighted by Crippen LogP contribution is -2.38. The molecule has 5 nitrogen and oxygen atoms in total.